The van der Waals surface area contributed by atoms with Crippen LogP contribution in [0.4, 0.5) is 8.78 Å². The Bertz CT molecular complexity index is 855. The van der Waals surface area contributed by atoms with Crippen molar-refractivity contribution in [1.29, 1.82) is 0 Å². The molecule has 3 atom stereocenters. The fourth-order valence-corrected chi connectivity index (χ4v) is 6.02. The largest absolute Gasteiger partial charge is 0.385 e. The Labute approximate surface area is 225 Å². The summed E-state index contributed by atoms with van der Waals surface area (Å²) >= 11 is 6.06. The van der Waals surface area contributed by atoms with Gasteiger partial charge in [-0.15, -0.1) is 0 Å². The van der Waals surface area contributed by atoms with Gasteiger partial charge in [-0.1, -0.05) is 23.7 Å². The number of carbonyl (C=O) groups excluding carboxylic acids is 1. The molecule has 6 nitrogen and oxygen atoms in total. The van der Waals surface area contributed by atoms with Crippen molar-refractivity contribution in [2.24, 2.45) is 11.8 Å². The van der Waals surface area contributed by atoms with Gasteiger partial charge in [0.15, 0.2) is 0 Å². The number of rotatable bonds is 13. The van der Waals surface area contributed by atoms with Crippen LogP contribution in [0, 0.1) is 17.7 Å². The zero-order valence-electron chi connectivity index (χ0n) is 22.2. The highest BCUT2D eigenvalue weighted by Crippen LogP contribution is 2.38. The molecular formula is C28H43ClF2N2O4. The summed E-state index contributed by atoms with van der Waals surface area (Å²) in [5.41, 5.74) is -1.55. The molecule has 1 aliphatic carbocycles. The Morgan fingerprint density at radius 3 is 2.78 bits per heavy atom. The number of alkyl halides is 1. The summed E-state index contributed by atoms with van der Waals surface area (Å²) in [6, 6.07) is 4.60. The fraction of sp³-hybridized carbons (Fsp3) is 0.750. The molecule has 2 N–H and O–H groups in total. The number of benzene rings is 1. The maximum atomic E-state index is 15.1. The number of aliphatic hydroxyl groups is 1. The number of methoxy groups -OCH3 is 1. The van der Waals surface area contributed by atoms with Gasteiger partial charge in [0, 0.05) is 32.2 Å². The van der Waals surface area contributed by atoms with Gasteiger partial charge in [0.1, 0.15) is 23.7 Å². The molecule has 2 fully saturated rings. The van der Waals surface area contributed by atoms with Crippen LogP contribution < -0.4 is 5.32 Å². The van der Waals surface area contributed by atoms with E-state index in [4.69, 9.17) is 21.1 Å². The highest BCUT2D eigenvalue weighted by Gasteiger charge is 2.44. The van der Waals surface area contributed by atoms with Gasteiger partial charge in [-0.2, -0.15) is 0 Å². The average Bonchev–Trinajstić information content (AvgIpc) is 2.89. The molecule has 9 heteroatoms. The first kappa shape index (κ1) is 30.2. The lowest BCUT2D eigenvalue weighted by Crippen LogP contribution is -2.55. The lowest BCUT2D eigenvalue weighted by atomic mass is 9.80. The first-order chi connectivity index (χ1) is 17.8. The Hall–Kier alpha value is -1.32. The summed E-state index contributed by atoms with van der Waals surface area (Å²) in [5.74, 6) is -0.0691. The maximum Gasteiger partial charge on any atom is 0.223 e. The molecule has 0 radical (unpaired) electrons. The van der Waals surface area contributed by atoms with Crippen LogP contribution in [0.2, 0.25) is 5.02 Å². The zero-order chi connectivity index (χ0) is 26.8. The van der Waals surface area contributed by atoms with Gasteiger partial charge in [0.2, 0.25) is 5.91 Å². The van der Waals surface area contributed by atoms with Crippen LogP contribution in [0.3, 0.4) is 0 Å². The van der Waals surface area contributed by atoms with Gasteiger partial charge in [-0.25, -0.2) is 8.78 Å². The molecular weight excluding hydrogens is 502 g/mol. The maximum absolute atomic E-state index is 15.1. The molecule has 3 rings (SSSR count). The van der Waals surface area contributed by atoms with E-state index in [1.54, 1.807) is 18.1 Å². The summed E-state index contributed by atoms with van der Waals surface area (Å²) in [7, 11) is 3.49. The molecule has 0 spiro atoms. The molecule has 1 saturated carbocycles. The van der Waals surface area contributed by atoms with Crippen LogP contribution in [-0.2, 0) is 19.9 Å². The fourth-order valence-electron chi connectivity index (χ4n) is 5.85. The Balaban J connectivity index is 1.70. The number of carbonyl (C=O) groups is 1. The summed E-state index contributed by atoms with van der Waals surface area (Å²) in [6.45, 7) is 2.10. The second kappa shape index (κ2) is 14.7. The van der Waals surface area contributed by atoms with Crippen LogP contribution >= 0.6 is 11.6 Å². The quantitative estimate of drug-likeness (QED) is 0.347. The lowest BCUT2D eigenvalue weighted by Gasteiger charge is -2.43. The van der Waals surface area contributed by atoms with Gasteiger partial charge in [0.25, 0.3) is 0 Å². The minimum Gasteiger partial charge on any atom is -0.385 e. The van der Waals surface area contributed by atoms with Crippen molar-refractivity contribution >= 4 is 17.5 Å². The third-order valence-electron chi connectivity index (χ3n) is 7.93. The van der Waals surface area contributed by atoms with E-state index in [0.29, 0.717) is 57.7 Å². The number of halogens is 3. The second-order valence-corrected chi connectivity index (χ2v) is 11.1. The van der Waals surface area contributed by atoms with E-state index in [1.807, 2.05) is 7.05 Å². The molecule has 0 aromatic heterocycles. The number of morpholine rings is 1. The van der Waals surface area contributed by atoms with Crippen LogP contribution in [0.15, 0.2) is 18.2 Å². The Kier molecular flexibility index (Phi) is 12.0. The number of ether oxygens (including phenoxy) is 2. The van der Waals surface area contributed by atoms with Crippen LogP contribution in [0.25, 0.3) is 0 Å². The normalized spacial score (nSPS) is 25.0. The average molecular weight is 545 g/mol. The molecule has 0 unspecified atom stereocenters. The lowest BCUT2D eigenvalue weighted by molar-refractivity contribution is -0.166. The van der Waals surface area contributed by atoms with Gasteiger partial charge >= 0.3 is 0 Å². The number of unbranched alkanes of at least 4 members (excludes halogenated alkanes) is 1. The van der Waals surface area contributed by atoms with Crippen molar-refractivity contribution in [2.75, 3.05) is 47.0 Å². The first-order valence-corrected chi connectivity index (χ1v) is 14.0. The molecule has 1 aromatic carbocycles. The Morgan fingerprint density at radius 1 is 1.32 bits per heavy atom. The molecule has 210 valence electrons. The number of hydrogen-bond acceptors (Lipinski definition) is 5. The standard InChI is InChI=1S/C28H43ClF2N2O4/c1-32-18-21(16-20-8-10-22(30)11-9-20)17-26(34)33-13-15-37-25(19-33)28(35,12-3-4-14-36-2)23-6-5-7-24(29)27(23)31/h5-7,20-22,25,32,35H,3-4,8-19H2,1-2H3/t20?,21-,22?,25-,28-/m1/s1. The van der Waals surface area contributed by atoms with Crippen molar-refractivity contribution in [3.63, 3.8) is 0 Å². The van der Waals surface area contributed by atoms with Crippen molar-refractivity contribution in [1.82, 2.24) is 10.2 Å². The molecule has 1 heterocycles. The van der Waals surface area contributed by atoms with E-state index in [9.17, 15) is 14.3 Å². The predicted octanol–water partition coefficient (Wildman–Crippen LogP) is 4.85. The van der Waals surface area contributed by atoms with E-state index in [0.717, 1.165) is 19.3 Å². The van der Waals surface area contributed by atoms with Gasteiger partial charge < -0.3 is 24.8 Å². The number of nitrogens with zero attached hydrogens (tertiary/aromatic N) is 1. The van der Waals surface area contributed by atoms with E-state index < -0.39 is 23.7 Å². The van der Waals surface area contributed by atoms with Crippen LogP contribution in [-0.4, -0.2) is 75.2 Å². The van der Waals surface area contributed by atoms with Crippen molar-refractivity contribution in [2.45, 2.75) is 75.7 Å². The summed E-state index contributed by atoms with van der Waals surface area (Å²) in [5, 5.41) is 15.0. The minimum atomic E-state index is -1.64. The molecule has 1 saturated heterocycles. The van der Waals surface area contributed by atoms with Gasteiger partial charge in [-0.3, -0.25) is 4.79 Å². The molecule has 1 aromatic rings. The highest BCUT2D eigenvalue weighted by atomic mass is 35.5. The van der Waals surface area contributed by atoms with E-state index in [1.165, 1.54) is 12.1 Å². The van der Waals surface area contributed by atoms with Crippen LogP contribution in [0.1, 0.15) is 63.4 Å². The summed E-state index contributed by atoms with van der Waals surface area (Å²) in [4.78, 5) is 15.1. The third-order valence-corrected chi connectivity index (χ3v) is 8.22. The smallest absolute Gasteiger partial charge is 0.223 e. The molecule has 1 amide bonds. The summed E-state index contributed by atoms with van der Waals surface area (Å²) < 4.78 is 39.8. The SMILES string of the molecule is CNC[C@@H](CC(=O)N1CCO[C@@H]([C@@](O)(CCCCOC)c2cccc(Cl)c2F)C1)CC1CCC(F)CC1. The van der Waals surface area contributed by atoms with E-state index in [-0.39, 0.29) is 42.0 Å². The minimum absolute atomic E-state index is 0.000950. The Morgan fingerprint density at radius 2 is 2.08 bits per heavy atom. The van der Waals surface area contributed by atoms with Crippen molar-refractivity contribution in [3.8, 4) is 0 Å². The topological polar surface area (TPSA) is 71.0 Å². The number of amides is 1. The van der Waals surface area contributed by atoms with Gasteiger partial charge in [-0.05, 0) is 82.9 Å². The molecule has 37 heavy (non-hydrogen) atoms. The zero-order valence-corrected chi connectivity index (χ0v) is 22.9. The first-order valence-electron chi connectivity index (χ1n) is 13.6. The van der Waals surface area contributed by atoms with Crippen molar-refractivity contribution < 1.29 is 28.2 Å². The highest BCUT2D eigenvalue weighted by molar-refractivity contribution is 6.30. The predicted molar refractivity (Wildman–Crippen MR) is 141 cm³/mol. The second-order valence-electron chi connectivity index (χ2n) is 10.7. The third kappa shape index (κ3) is 8.33. The van der Waals surface area contributed by atoms with E-state index in [2.05, 4.69) is 5.32 Å². The summed E-state index contributed by atoms with van der Waals surface area (Å²) in [6.07, 6.45) is 4.30. The van der Waals surface area contributed by atoms with Crippen molar-refractivity contribution in [3.05, 3.63) is 34.6 Å². The molecule has 0 bridgehead atoms. The van der Waals surface area contributed by atoms with E-state index >= 15 is 4.39 Å². The number of nitrogens with one attached hydrogen (secondary N) is 1. The molecule has 1 aliphatic heterocycles. The molecule has 2 aliphatic rings. The van der Waals surface area contributed by atoms with Crippen LogP contribution in [0.5, 0.6) is 0 Å². The number of hydrogen-bond donors (Lipinski definition) is 2. The van der Waals surface area contributed by atoms with Gasteiger partial charge in [0.05, 0.1) is 18.2 Å². The monoisotopic (exact) mass is 544 g/mol.